The second-order valence-corrected chi connectivity index (χ2v) is 7.44. The van der Waals surface area contributed by atoms with Crippen molar-refractivity contribution in [3.8, 4) is 0 Å². The van der Waals surface area contributed by atoms with Gasteiger partial charge in [-0.2, -0.15) is 0 Å². The fourth-order valence-corrected chi connectivity index (χ4v) is 4.10. The molecule has 1 unspecified atom stereocenters. The maximum Gasteiger partial charge on any atom is 0.273 e. The highest BCUT2D eigenvalue weighted by molar-refractivity contribution is 5.91. The monoisotopic (exact) mass is 368 g/mol. The molecular weight excluding hydrogens is 340 g/mol. The number of piperidine rings is 1. The van der Waals surface area contributed by atoms with E-state index in [0.29, 0.717) is 18.3 Å². The second kappa shape index (κ2) is 8.63. The minimum atomic E-state index is -0.143. The molecule has 7 nitrogen and oxygen atoms in total. The van der Waals surface area contributed by atoms with Gasteiger partial charge in [0.1, 0.15) is 0 Å². The zero-order valence-electron chi connectivity index (χ0n) is 15.7. The summed E-state index contributed by atoms with van der Waals surface area (Å²) in [5.74, 6) is -0.143. The van der Waals surface area contributed by atoms with Crippen LogP contribution in [0.1, 0.15) is 53.8 Å². The number of nitrogens with one attached hydrogen (secondary N) is 2. The Kier molecular flexibility index (Phi) is 5.79. The van der Waals surface area contributed by atoms with Crippen molar-refractivity contribution < 1.29 is 4.79 Å². The van der Waals surface area contributed by atoms with E-state index in [-0.39, 0.29) is 11.9 Å². The van der Waals surface area contributed by atoms with Crippen LogP contribution in [-0.4, -0.2) is 58.5 Å². The highest BCUT2D eigenvalue weighted by Gasteiger charge is 2.25. The van der Waals surface area contributed by atoms with Crippen LogP contribution < -0.4 is 10.6 Å². The van der Waals surface area contributed by atoms with E-state index in [2.05, 4.69) is 50.1 Å². The van der Waals surface area contributed by atoms with Gasteiger partial charge in [0.05, 0.1) is 18.3 Å². The van der Waals surface area contributed by atoms with E-state index in [1.165, 1.54) is 18.4 Å². The summed E-state index contributed by atoms with van der Waals surface area (Å²) in [4.78, 5) is 15.1. The van der Waals surface area contributed by atoms with Crippen LogP contribution in [0.15, 0.2) is 36.5 Å². The van der Waals surface area contributed by atoms with Gasteiger partial charge in [-0.15, -0.1) is 5.10 Å². The predicted octanol–water partition coefficient (Wildman–Crippen LogP) is 1.77. The van der Waals surface area contributed by atoms with E-state index in [9.17, 15) is 4.79 Å². The van der Waals surface area contributed by atoms with Crippen LogP contribution in [0.4, 0.5) is 0 Å². The van der Waals surface area contributed by atoms with Crippen molar-refractivity contribution in [2.75, 3.05) is 32.7 Å². The van der Waals surface area contributed by atoms with Crippen LogP contribution in [0.5, 0.6) is 0 Å². The third kappa shape index (κ3) is 4.36. The van der Waals surface area contributed by atoms with Crippen molar-refractivity contribution in [2.45, 2.75) is 37.8 Å². The summed E-state index contributed by atoms with van der Waals surface area (Å²) in [7, 11) is 0. The summed E-state index contributed by atoms with van der Waals surface area (Å²) in [6, 6.07) is 11.0. The predicted molar refractivity (Wildman–Crippen MR) is 103 cm³/mol. The SMILES string of the molecule is O=C(NCC(c1ccccc1)N1CCCC1)c1cn(C2CCNCC2)nn1. The normalized spacial score (nSPS) is 19.9. The van der Waals surface area contributed by atoms with E-state index < -0.39 is 0 Å². The molecule has 0 spiro atoms. The lowest BCUT2D eigenvalue weighted by Crippen LogP contribution is -2.37. The Morgan fingerprint density at radius 1 is 1.19 bits per heavy atom. The summed E-state index contributed by atoms with van der Waals surface area (Å²) < 4.78 is 1.85. The molecule has 0 bridgehead atoms. The van der Waals surface area contributed by atoms with E-state index in [0.717, 1.165) is 39.0 Å². The van der Waals surface area contributed by atoms with Crippen LogP contribution in [0.3, 0.4) is 0 Å². The fraction of sp³-hybridized carbons (Fsp3) is 0.550. The Morgan fingerprint density at radius 2 is 1.93 bits per heavy atom. The molecule has 7 heteroatoms. The number of amides is 1. The van der Waals surface area contributed by atoms with Crippen molar-refractivity contribution in [2.24, 2.45) is 0 Å². The number of aromatic nitrogens is 3. The number of likely N-dealkylation sites (tertiary alicyclic amines) is 1. The molecule has 1 aromatic carbocycles. The maximum absolute atomic E-state index is 12.6. The standard InChI is InChI=1S/C20H28N6O/c27-20(18-15-26(24-23-18)17-8-10-21-11-9-17)22-14-19(25-12-4-5-13-25)16-6-2-1-3-7-16/h1-3,6-7,15,17,19,21H,4-5,8-14H2,(H,22,27). The Labute approximate surface area is 160 Å². The molecule has 0 saturated carbocycles. The molecule has 2 N–H and O–H groups in total. The average molecular weight is 368 g/mol. The van der Waals surface area contributed by atoms with Gasteiger partial charge in [-0.3, -0.25) is 9.69 Å². The Hall–Kier alpha value is -2.25. The zero-order chi connectivity index (χ0) is 18.5. The van der Waals surface area contributed by atoms with E-state index in [1.807, 2.05) is 10.7 Å². The molecule has 2 aliphatic heterocycles. The summed E-state index contributed by atoms with van der Waals surface area (Å²) in [5, 5.41) is 14.7. The third-order valence-corrected chi connectivity index (χ3v) is 5.65. The Bertz CT molecular complexity index is 734. The molecule has 2 aromatic rings. The minimum absolute atomic E-state index is 0.143. The molecule has 0 aliphatic carbocycles. The largest absolute Gasteiger partial charge is 0.349 e. The first-order valence-corrected chi connectivity index (χ1v) is 10.0. The lowest BCUT2D eigenvalue weighted by atomic mass is 10.1. The Balaban J connectivity index is 1.40. The van der Waals surface area contributed by atoms with Crippen molar-refractivity contribution in [1.29, 1.82) is 0 Å². The topological polar surface area (TPSA) is 75.1 Å². The van der Waals surface area contributed by atoms with Crippen molar-refractivity contribution in [3.63, 3.8) is 0 Å². The summed E-state index contributed by atoms with van der Waals surface area (Å²) in [6.07, 6.45) is 6.29. The molecule has 4 rings (SSSR count). The van der Waals surface area contributed by atoms with Gasteiger partial charge in [-0.05, 0) is 57.4 Å². The molecule has 0 radical (unpaired) electrons. The molecule has 144 valence electrons. The fourth-order valence-electron chi connectivity index (χ4n) is 4.10. The van der Waals surface area contributed by atoms with Gasteiger partial charge in [-0.25, -0.2) is 4.68 Å². The molecule has 1 atom stereocenters. The number of carbonyl (C=O) groups is 1. The summed E-state index contributed by atoms with van der Waals surface area (Å²) in [5.41, 5.74) is 1.65. The number of hydrogen-bond donors (Lipinski definition) is 2. The molecule has 2 fully saturated rings. The van der Waals surface area contributed by atoms with Gasteiger partial charge in [-0.1, -0.05) is 35.5 Å². The lowest BCUT2D eigenvalue weighted by molar-refractivity contribution is 0.0933. The first kappa shape index (κ1) is 18.1. The van der Waals surface area contributed by atoms with Gasteiger partial charge in [0.25, 0.3) is 5.91 Å². The molecular formula is C20H28N6O. The second-order valence-electron chi connectivity index (χ2n) is 7.44. The maximum atomic E-state index is 12.6. The average Bonchev–Trinajstić information content (AvgIpc) is 3.42. The number of rotatable bonds is 6. The number of benzene rings is 1. The number of nitrogens with zero attached hydrogens (tertiary/aromatic N) is 4. The Morgan fingerprint density at radius 3 is 2.67 bits per heavy atom. The van der Waals surface area contributed by atoms with Crippen LogP contribution in [0.25, 0.3) is 0 Å². The highest BCUT2D eigenvalue weighted by Crippen LogP contribution is 2.24. The van der Waals surface area contributed by atoms with Crippen molar-refractivity contribution >= 4 is 5.91 Å². The quantitative estimate of drug-likeness (QED) is 0.813. The number of hydrogen-bond acceptors (Lipinski definition) is 5. The van der Waals surface area contributed by atoms with Crippen LogP contribution in [0.2, 0.25) is 0 Å². The third-order valence-electron chi connectivity index (χ3n) is 5.65. The molecule has 2 saturated heterocycles. The van der Waals surface area contributed by atoms with Crippen LogP contribution in [-0.2, 0) is 0 Å². The minimum Gasteiger partial charge on any atom is -0.349 e. The highest BCUT2D eigenvalue weighted by atomic mass is 16.2. The summed E-state index contributed by atoms with van der Waals surface area (Å²) >= 11 is 0. The van der Waals surface area contributed by atoms with Crippen LogP contribution >= 0.6 is 0 Å². The van der Waals surface area contributed by atoms with Crippen LogP contribution in [0, 0.1) is 0 Å². The lowest BCUT2D eigenvalue weighted by Gasteiger charge is -2.28. The van der Waals surface area contributed by atoms with Crippen molar-refractivity contribution in [1.82, 2.24) is 30.5 Å². The molecule has 1 aromatic heterocycles. The molecule has 3 heterocycles. The van der Waals surface area contributed by atoms with Gasteiger partial charge in [0, 0.05) is 6.54 Å². The van der Waals surface area contributed by atoms with Gasteiger partial charge in [0.2, 0.25) is 0 Å². The summed E-state index contributed by atoms with van der Waals surface area (Å²) in [6.45, 7) is 4.73. The van der Waals surface area contributed by atoms with Gasteiger partial charge < -0.3 is 10.6 Å². The molecule has 2 aliphatic rings. The van der Waals surface area contributed by atoms with Gasteiger partial charge >= 0.3 is 0 Å². The van der Waals surface area contributed by atoms with E-state index >= 15 is 0 Å². The number of carbonyl (C=O) groups excluding carboxylic acids is 1. The molecule has 27 heavy (non-hydrogen) atoms. The molecule has 1 amide bonds. The first-order valence-electron chi connectivity index (χ1n) is 10.0. The van der Waals surface area contributed by atoms with E-state index in [4.69, 9.17) is 0 Å². The first-order chi connectivity index (χ1) is 13.3. The zero-order valence-corrected chi connectivity index (χ0v) is 15.7. The van der Waals surface area contributed by atoms with Crippen molar-refractivity contribution in [3.05, 3.63) is 47.8 Å². The smallest absolute Gasteiger partial charge is 0.273 e. The van der Waals surface area contributed by atoms with E-state index in [1.54, 1.807) is 6.20 Å². The van der Waals surface area contributed by atoms with Gasteiger partial charge in [0.15, 0.2) is 5.69 Å².